The van der Waals surface area contributed by atoms with Crippen molar-refractivity contribution >= 4 is 43.9 Å². The van der Waals surface area contributed by atoms with Crippen LogP contribution >= 0.6 is 0 Å². The Kier molecular flexibility index (Phi) is 9.19. The van der Waals surface area contributed by atoms with Gasteiger partial charge in [-0.25, -0.2) is 4.98 Å². The minimum absolute atomic E-state index is 0. The molecule has 6 heteroatoms. The maximum atomic E-state index is 12.4. The Labute approximate surface area is 366 Å². The fraction of sp³-hybridized carbons (Fsp3) is 0.222. The summed E-state index contributed by atoms with van der Waals surface area (Å²) >= 11 is 0. The van der Waals surface area contributed by atoms with Gasteiger partial charge < -0.3 is 9.51 Å². The SMILES string of the molecule is CC(C)(C)c1cc(-c2cc(-c3ccccc3)ccn2)[c-]c(-c2ccc3c4c2nc(-c2cc(C(C)(C)C)cc(C(C)(C)C)c2O)n4c2cccc4c5ccccc5n3c42)c1.[Pt]. The van der Waals surface area contributed by atoms with Crippen molar-refractivity contribution in [2.24, 2.45) is 0 Å². The third-order valence-corrected chi connectivity index (χ3v) is 12.1. The summed E-state index contributed by atoms with van der Waals surface area (Å²) in [5.74, 6) is 0.989. The van der Waals surface area contributed by atoms with Gasteiger partial charge in [0.25, 0.3) is 0 Å². The Morgan fingerprint density at radius 1 is 0.533 bits per heavy atom. The maximum Gasteiger partial charge on any atom is 0.148 e. The molecule has 0 bridgehead atoms. The predicted octanol–water partition coefficient (Wildman–Crippen LogP) is 13.9. The van der Waals surface area contributed by atoms with Crippen LogP contribution < -0.4 is 0 Å². The number of phenolic OH excluding ortho intramolecular Hbond substituents is 1. The number of hydrogen-bond donors (Lipinski definition) is 1. The molecule has 10 aromatic rings. The molecule has 0 saturated carbocycles. The van der Waals surface area contributed by atoms with Gasteiger partial charge in [0.1, 0.15) is 11.6 Å². The summed E-state index contributed by atoms with van der Waals surface area (Å²) in [5.41, 5.74) is 15.6. The topological polar surface area (TPSA) is 54.8 Å². The van der Waals surface area contributed by atoms with E-state index in [-0.39, 0.29) is 43.1 Å². The second-order valence-electron chi connectivity index (χ2n) is 19.3. The third kappa shape index (κ3) is 6.24. The van der Waals surface area contributed by atoms with Crippen molar-refractivity contribution in [1.82, 2.24) is 18.8 Å². The van der Waals surface area contributed by atoms with Gasteiger partial charge in [0.2, 0.25) is 0 Å². The summed E-state index contributed by atoms with van der Waals surface area (Å²) in [6.45, 7) is 20.0. The molecule has 1 N–H and O–H groups in total. The van der Waals surface area contributed by atoms with Gasteiger partial charge in [0.05, 0.1) is 38.7 Å². The molecule has 0 spiro atoms. The molecule has 6 aromatic carbocycles. The summed E-state index contributed by atoms with van der Waals surface area (Å²) in [6.07, 6.45) is 1.89. The predicted molar refractivity (Wildman–Crippen MR) is 246 cm³/mol. The van der Waals surface area contributed by atoms with Crippen molar-refractivity contribution in [1.29, 1.82) is 0 Å². The number of fused-ring (bicyclic) bond motifs is 5. The van der Waals surface area contributed by atoms with Gasteiger partial charge in [-0.1, -0.05) is 152 Å². The Balaban J connectivity index is 0.00000462. The van der Waals surface area contributed by atoms with Crippen LogP contribution in [-0.4, -0.2) is 23.9 Å². The number of nitrogens with zero attached hydrogens (tertiary/aromatic N) is 4. The monoisotopic (exact) mass is 964 g/mol. The van der Waals surface area contributed by atoms with Crippen LogP contribution in [0, 0.1) is 6.07 Å². The molecule has 10 rings (SSSR count). The normalized spacial score (nSPS) is 12.7. The average Bonchev–Trinajstić information content (AvgIpc) is 3.77. The van der Waals surface area contributed by atoms with E-state index in [4.69, 9.17) is 9.97 Å². The van der Waals surface area contributed by atoms with E-state index in [9.17, 15) is 5.11 Å². The molecule has 0 fully saturated rings. The van der Waals surface area contributed by atoms with Gasteiger partial charge in [0.15, 0.2) is 0 Å². The van der Waals surface area contributed by atoms with Gasteiger partial charge in [-0.3, -0.25) is 9.38 Å². The van der Waals surface area contributed by atoms with Gasteiger partial charge in [-0.2, -0.15) is 0 Å². The molecule has 0 radical (unpaired) electrons. The second kappa shape index (κ2) is 13.9. The largest absolute Gasteiger partial charge is 0.507 e. The van der Waals surface area contributed by atoms with E-state index >= 15 is 0 Å². The first-order chi connectivity index (χ1) is 28.1. The number of rotatable bonds is 4. The number of hydrogen-bond acceptors (Lipinski definition) is 3. The zero-order valence-corrected chi connectivity index (χ0v) is 37.9. The molecular weight excluding hydrogens is 916 g/mol. The van der Waals surface area contributed by atoms with E-state index in [1.807, 2.05) is 12.3 Å². The Bertz CT molecular complexity index is 3280. The van der Waals surface area contributed by atoms with Crippen molar-refractivity contribution in [3.05, 3.63) is 150 Å². The summed E-state index contributed by atoms with van der Waals surface area (Å²) in [5, 5.41) is 14.8. The molecule has 0 aliphatic heterocycles. The van der Waals surface area contributed by atoms with Crippen LogP contribution in [0.4, 0.5) is 0 Å². The molecular formula is C54H49N4OPt-. The second-order valence-corrected chi connectivity index (χ2v) is 19.3. The van der Waals surface area contributed by atoms with E-state index in [0.29, 0.717) is 0 Å². The molecule has 4 aromatic heterocycles. The maximum absolute atomic E-state index is 12.4. The van der Waals surface area contributed by atoms with Crippen LogP contribution in [0.2, 0.25) is 0 Å². The molecule has 302 valence electrons. The molecule has 0 aliphatic rings. The first kappa shape index (κ1) is 39.7. The van der Waals surface area contributed by atoms with Crippen molar-refractivity contribution < 1.29 is 26.2 Å². The number of phenols is 1. The summed E-state index contributed by atoms with van der Waals surface area (Å²) in [6, 6.07) is 47.1. The zero-order chi connectivity index (χ0) is 41.2. The Morgan fingerprint density at radius 3 is 1.92 bits per heavy atom. The minimum Gasteiger partial charge on any atom is -0.507 e. The van der Waals surface area contributed by atoms with Gasteiger partial charge >= 0.3 is 0 Å². The smallest absolute Gasteiger partial charge is 0.148 e. The minimum atomic E-state index is -0.304. The molecule has 0 aliphatic carbocycles. The Morgan fingerprint density at radius 2 is 1.18 bits per heavy atom. The first-order valence-electron chi connectivity index (χ1n) is 20.6. The summed E-state index contributed by atoms with van der Waals surface area (Å²) in [4.78, 5) is 10.6. The molecule has 0 unspecified atom stereocenters. The quantitative estimate of drug-likeness (QED) is 0.141. The Hall–Kier alpha value is -5.77. The van der Waals surface area contributed by atoms with E-state index in [1.54, 1.807) is 0 Å². The standard InChI is InChI=1S/C54H49N4O.Pt/c1-52(2,3)36-27-34(26-35(28-36)43-29-33(24-25-55-43)32-16-11-10-12-17-32)38-22-23-46-49-47(38)56-51(41-30-37(53(4,5)6)31-42(50(41)59)54(7,8)9)58(49)45-21-15-19-40-39-18-13-14-20-44(39)57(46)48(40)45;/h10-25,27-31,59H,1-9H3;/q-1;. The van der Waals surface area contributed by atoms with Crippen LogP contribution in [0.5, 0.6) is 5.75 Å². The fourth-order valence-corrected chi connectivity index (χ4v) is 8.89. The van der Waals surface area contributed by atoms with E-state index < -0.39 is 0 Å². The molecule has 4 heterocycles. The summed E-state index contributed by atoms with van der Waals surface area (Å²) < 4.78 is 4.71. The number of para-hydroxylation sites is 2. The number of pyridine rings is 1. The van der Waals surface area contributed by atoms with Crippen molar-refractivity contribution in [2.75, 3.05) is 0 Å². The molecule has 0 amide bonds. The van der Waals surface area contributed by atoms with Crippen molar-refractivity contribution in [2.45, 2.75) is 78.6 Å². The van der Waals surface area contributed by atoms with Crippen LogP contribution in [0.25, 0.3) is 88.8 Å². The van der Waals surface area contributed by atoms with Crippen LogP contribution in [0.1, 0.15) is 79.0 Å². The van der Waals surface area contributed by atoms with Crippen LogP contribution in [-0.2, 0) is 37.3 Å². The molecule has 0 atom stereocenters. The number of aromatic hydroxyl groups is 1. The third-order valence-electron chi connectivity index (χ3n) is 12.1. The molecule has 0 saturated heterocycles. The molecule has 60 heavy (non-hydrogen) atoms. The van der Waals surface area contributed by atoms with Crippen LogP contribution in [0.15, 0.2) is 128 Å². The number of aromatic nitrogens is 4. The average molecular weight is 965 g/mol. The first-order valence-corrected chi connectivity index (χ1v) is 20.6. The van der Waals surface area contributed by atoms with E-state index in [2.05, 4.69) is 192 Å². The van der Waals surface area contributed by atoms with Gasteiger partial charge in [0, 0.05) is 49.3 Å². The van der Waals surface area contributed by atoms with Gasteiger partial charge in [-0.15, -0.1) is 29.3 Å². The number of benzene rings is 6. The van der Waals surface area contributed by atoms with E-state index in [0.717, 1.165) is 89.1 Å². The fourth-order valence-electron chi connectivity index (χ4n) is 8.89. The van der Waals surface area contributed by atoms with Crippen molar-refractivity contribution in [3.8, 4) is 50.6 Å². The van der Waals surface area contributed by atoms with E-state index in [1.165, 1.54) is 16.3 Å². The van der Waals surface area contributed by atoms with Crippen LogP contribution in [0.3, 0.4) is 0 Å². The zero-order valence-electron chi connectivity index (χ0n) is 35.7. The van der Waals surface area contributed by atoms with Gasteiger partial charge in [-0.05, 0) is 63.3 Å². The summed E-state index contributed by atoms with van der Waals surface area (Å²) in [7, 11) is 0. The molecule has 5 nitrogen and oxygen atoms in total. The number of imidazole rings is 1. The van der Waals surface area contributed by atoms with Crippen molar-refractivity contribution in [3.63, 3.8) is 0 Å².